The minimum atomic E-state index is -1.46. The van der Waals surface area contributed by atoms with E-state index in [0.717, 1.165) is 16.7 Å². The summed E-state index contributed by atoms with van der Waals surface area (Å²) in [4.78, 5) is 52.2. The number of carbonyl (C=O) groups excluding carboxylic acids is 2. The standard InChI is InChI=1S/C35H35ClN2O10/c1-18-6-5-7-22(19(18)2)30-23-12-20(36)8-10-25(23)38(16-35(3,4)17-39)33(43)27(48-30)14-28(40)37-21-9-11-26-24(13-21)31(46-15-29(41)42)32(47-26)34(44)45/h5-13,27,30,39H,14-17H2,1-4H3,(H,37,40)(H,41,42)(H,44,45)/t27-,30-/m1/s1. The molecule has 13 heteroatoms. The minimum absolute atomic E-state index is 0.1000. The molecule has 2 amide bonds. The highest BCUT2D eigenvalue weighted by atomic mass is 35.5. The number of aliphatic hydroxyl groups excluding tert-OH is 1. The van der Waals surface area contributed by atoms with Gasteiger partial charge in [-0.3, -0.25) is 9.59 Å². The Hall–Kier alpha value is -4.91. The molecule has 0 saturated carbocycles. The Kier molecular flexibility index (Phi) is 9.81. The number of carboxylic acid groups (broad SMARTS) is 2. The van der Waals surface area contributed by atoms with Crippen LogP contribution in [-0.2, 0) is 19.1 Å². The van der Waals surface area contributed by atoms with Crippen molar-refractivity contribution in [3.63, 3.8) is 0 Å². The Morgan fingerprint density at radius 2 is 1.79 bits per heavy atom. The molecule has 12 nitrogen and oxygen atoms in total. The van der Waals surface area contributed by atoms with Gasteiger partial charge in [-0.15, -0.1) is 0 Å². The minimum Gasteiger partial charge on any atom is -0.479 e. The van der Waals surface area contributed by atoms with E-state index in [9.17, 15) is 29.4 Å². The van der Waals surface area contributed by atoms with E-state index in [1.165, 1.54) is 23.1 Å². The second-order valence-electron chi connectivity index (χ2n) is 12.5. The average Bonchev–Trinajstić information content (AvgIpc) is 3.36. The van der Waals surface area contributed by atoms with Gasteiger partial charge in [0.25, 0.3) is 11.7 Å². The van der Waals surface area contributed by atoms with Gasteiger partial charge in [0.1, 0.15) is 17.8 Å². The van der Waals surface area contributed by atoms with Crippen LogP contribution in [0.3, 0.4) is 0 Å². The van der Waals surface area contributed by atoms with E-state index in [1.807, 2.05) is 45.9 Å². The summed E-state index contributed by atoms with van der Waals surface area (Å²) in [5.41, 5.74) is 3.55. The fraction of sp³-hybridized carbons (Fsp3) is 0.314. The molecule has 2 atom stereocenters. The van der Waals surface area contributed by atoms with Crippen molar-refractivity contribution in [1.82, 2.24) is 0 Å². The van der Waals surface area contributed by atoms with E-state index < -0.39 is 60.2 Å². The number of anilines is 2. The fourth-order valence-electron chi connectivity index (χ4n) is 5.60. The molecule has 0 spiro atoms. The molecule has 0 fully saturated rings. The number of nitrogens with one attached hydrogen (secondary N) is 1. The number of hydrogen-bond donors (Lipinski definition) is 4. The third-order valence-corrected chi connectivity index (χ3v) is 8.41. The number of aliphatic carboxylic acids is 1. The van der Waals surface area contributed by atoms with Crippen molar-refractivity contribution in [1.29, 1.82) is 0 Å². The SMILES string of the molecule is Cc1cccc([C@H]2O[C@H](CC(=O)Nc3ccc4oc(C(=O)O)c(OCC(=O)O)c4c3)C(=O)N(CC(C)(C)CO)c3ccc(Cl)cc32)c1C. The van der Waals surface area contributed by atoms with Crippen molar-refractivity contribution >= 4 is 57.7 Å². The summed E-state index contributed by atoms with van der Waals surface area (Å²) < 4.78 is 17.1. The van der Waals surface area contributed by atoms with Gasteiger partial charge in [-0.25, -0.2) is 9.59 Å². The number of hydrogen-bond acceptors (Lipinski definition) is 8. The van der Waals surface area contributed by atoms with Gasteiger partial charge in [0.2, 0.25) is 5.91 Å². The highest BCUT2D eigenvalue weighted by Crippen LogP contribution is 2.42. The van der Waals surface area contributed by atoms with Crippen LogP contribution in [-0.4, -0.2) is 64.9 Å². The van der Waals surface area contributed by atoms with Gasteiger partial charge in [-0.1, -0.05) is 43.6 Å². The molecule has 252 valence electrons. The maximum absolute atomic E-state index is 14.3. The van der Waals surface area contributed by atoms with Crippen LogP contribution in [0.4, 0.5) is 11.4 Å². The van der Waals surface area contributed by atoms with Gasteiger partial charge in [-0.05, 0) is 66.9 Å². The maximum atomic E-state index is 14.3. The number of aliphatic hydroxyl groups is 1. The Morgan fingerprint density at radius 1 is 1.04 bits per heavy atom. The van der Waals surface area contributed by atoms with Crippen LogP contribution < -0.4 is 15.0 Å². The number of furan rings is 1. The van der Waals surface area contributed by atoms with Crippen molar-refractivity contribution in [2.24, 2.45) is 5.41 Å². The lowest BCUT2D eigenvalue weighted by Crippen LogP contribution is -2.46. The number of nitrogens with zero attached hydrogens (tertiary/aromatic N) is 1. The molecule has 1 aromatic heterocycles. The van der Waals surface area contributed by atoms with E-state index in [2.05, 4.69) is 5.32 Å². The first kappa shape index (κ1) is 34.4. The second-order valence-corrected chi connectivity index (χ2v) is 12.9. The van der Waals surface area contributed by atoms with Crippen LogP contribution in [0.5, 0.6) is 5.75 Å². The summed E-state index contributed by atoms with van der Waals surface area (Å²) >= 11 is 6.48. The van der Waals surface area contributed by atoms with Crippen molar-refractivity contribution in [2.45, 2.75) is 46.3 Å². The Bertz CT molecular complexity index is 1920. The highest BCUT2D eigenvalue weighted by Gasteiger charge is 2.40. The molecule has 0 saturated heterocycles. The summed E-state index contributed by atoms with van der Waals surface area (Å²) in [7, 11) is 0. The Labute approximate surface area is 280 Å². The van der Waals surface area contributed by atoms with Crippen molar-refractivity contribution in [3.05, 3.63) is 87.6 Å². The van der Waals surface area contributed by atoms with Gasteiger partial charge in [-0.2, -0.15) is 0 Å². The third-order valence-electron chi connectivity index (χ3n) is 8.18. The number of ether oxygens (including phenoxy) is 2. The average molecular weight is 679 g/mol. The molecule has 5 rings (SSSR count). The lowest BCUT2D eigenvalue weighted by molar-refractivity contribution is -0.139. The first-order valence-electron chi connectivity index (χ1n) is 15.1. The topological polar surface area (TPSA) is 176 Å². The largest absolute Gasteiger partial charge is 0.479 e. The van der Waals surface area contributed by atoms with Gasteiger partial charge in [0, 0.05) is 40.5 Å². The zero-order valence-corrected chi connectivity index (χ0v) is 27.5. The number of fused-ring (bicyclic) bond motifs is 2. The molecule has 0 radical (unpaired) electrons. The van der Waals surface area contributed by atoms with Crippen molar-refractivity contribution < 1.29 is 48.4 Å². The quantitative estimate of drug-likeness (QED) is 0.153. The molecule has 1 aliphatic rings. The first-order valence-corrected chi connectivity index (χ1v) is 15.4. The fourth-order valence-corrected chi connectivity index (χ4v) is 5.78. The number of halogens is 1. The summed E-state index contributed by atoms with van der Waals surface area (Å²) in [5, 5.41) is 32.0. The molecule has 4 N–H and O–H groups in total. The third kappa shape index (κ3) is 7.15. The molecule has 0 aliphatic carbocycles. The van der Waals surface area contributed by atoms with Crippen molar-refractivity contribution in [2.75, 3.05) is 30.0 Å². The van der Waals surface area contributed by atoms with E-state index in [1.54, 1.807) is 18.2 Å². The van der Waals surface area contributed by atoms with Crippen LogP contribution in [0.1, 0.15) is 59.2 Å². The lowest BCUT2D eigenvalue weighted by Gasteiger charge is -2.32. The molecule has 2 heterocycles. The van der Waals surface area contributed by atoms with Gasteiger partial charge >= 0.3 is 11.9 Å². The molecule has 1 aliphatic heterocycles. The molecule has 3 aromatic carbocycles. The van der Waals surface area contributed by atoms with Crippen LogP contribution >= 0.6 is 11.6 Å². The Balaban J connectivity index is 1.51. The van der Waals surface area contributed by atoms with E-state index in [0.29, 0.717) is 16.3 Å². The smallest absolute Gasteiger partial charge is 0.375 e. The number of carboxylic acids is 2. The van der Waals surface area contributed by atoms with E-state index in [4.69, 9.17) is 30.6 Å². The summed E-state index contributed by atoms with van der Waals surface area (Å²) in [6, 6.07) is 15.2. The molecule has 0 bridgehead atoms. The number of aromatic carboxylic acids is 1. The Morgan fingerprint density at radius 3 is 2.48 bits per heavy atom. The number of aryl methyl sites for hydroxylation is 1. The van der Waals surface area contributed by atoms with Gasteiger partial charge in [0.15, 0.2) is 12.4 Å². The lowest BCUT2D eigenvalue weighted by atomic mass is 9.91. The summed E-state index contributed by atoms with van der Waals surface area (Å²) in [6.07, 6.45) is -2.43. The van der Waals surface area contributed by atoms with Gasteiger partial charge < -0.3 is 39.4 Å². The molecule has 0 unspecified atom stereocenters. The predicted molar refractivity (Wildman–Crippen MR) is 177 cm³/mol. The van der Waals surface area contributed by atoms with E-state index >= 15 is 0 Å². The summed E-state index contributed by atoms with van der Waals surface area (Å²) in [6.45, 7) is 6.67. The number of carbonyl (C=O) groups is 4. The van der Waals surface area contributed by atoms with Gasteiger partial charge in [0.05, 0.1) is 11.8 Å². The van der Waals surface area contributed by atoms with E-state index in [-0.39, 0.29) is 35.6 Å². The molecular formula is C35H35ClN2O10. The van der Waals surface area contributed by atoms with Crippen LogP contribution in [0.2, 0.25) is 5.02 Å². The molecule has 4 aromatic rings. The molecular weight excluding hydrogens is 644 g/mol. The zero-order chi connectivity index (χ0) is 34.9. The normalized spacial score (nSPS) is 16.4. The summed E-state index contributed by atoms with van der Waals surface area (Å²) in [5.74, 6) is -4.74. The number of rotatable bonds is 11. The maximum Gasteiger partial charge on any atom is 0.375 e. The number of amides is 2. The van der Waals surface area contributed by atoms with Crippen LogP contribution in [0.15, 0.2) is 59.0 Å². The first-order chi connectivity index (χ1) is 22.7. The second kappa shape index (κ2) is 13.7. The van der Waals surface area contributed by atoms with Crippen LogP contribution in [0.25, 0.3) is 11.0 Å². The van der Waals surface area contributed by atoms with Crippen molar-refractivity contribution in [3.8, 4) is 5.75 Å². The monoisotopic (exact) mass is 678 g/mol. The zero-order valence-electron chi connectivity index (χ0n) is 26.7. The predicted octanol–water partition coefficient (Wildman–Crippen LogP) is 5.73. The van der Waals surface area contributed by atoms with Crippen LogP contribution in [0, 0.1) is 19.3 Å². The highest BCUT2D eigenvalue weighted by molar-refractivity contribution is 6.30. The molecule has 48 heavy (non-hydrogen) atoms. The number of benzene rings is 3.